The summed E-state index contributed by atoms with van der Waals surface area (Å²) in [6, 6.07) is 1.97. The smallest absolute Gasteiger partial charge is 0.0634 e. The molecule has 1 fully saturated rings. The van der Waals surface area contributed by atoms with Crippen LogP contribution in [0.1, 0.15) is 5.56 Å². The van der Waals surface area contributed by atoms with E-state index in [1.807, 2.05) is 6.07 Å². The fourth-order valence-corrected chi connectivity index (χ4v) is 1.71. The van der Waals surface area contributed by atoms with Gasteiger partial charge in [0, 0.05) is 32.0 Å². The van der Waals surface area contributed by atoms with Crippen molar-refractivity contribution in [2.45, 2.75) is 6.54 Å². The zero-order valence-corrected chi connectivity index (χ0v) is 8.70. The van der Waals surface area contributed by atoms with Gasteiger partial charge < -0.3 is 4.74 Å². The molecule has 0 bridgehead atoms. The molecule has 0 spiro atoms. The van der Waals surface area contributed by atoms with Crippen LogP contribution < -0.4 is 0 Å². The van der Waals surface area contributed by atoms with Crippen molar-refractivity contribution in [3.8, 4) is 0 Å². The van der Waals surface area contributed by atoms with Crippen LogP contribution in [0.2, 0.25) is 5.02 Å². The van der Waals surface area contributed by atoms with Crippen LogP contribution in [0.15, 0.2) is 18.5 Å². The molecule has 2 heterocycles. The second kappa shape index (κ2) is 4.73. The van der Waals surface area contributed by atoms with Gasteiger partial charge in [-0.2, -0.15) is 0 Å². The van der Waals surface area contributed by atoms with Gasteiger partial charge in [-0.3, -0.25) is 9.88 Å². The Morgan fingerprint density at radius 3 is 2.93 bits per heavy atom. The highest BCUT2D eigenvalue weighted by atomic mass is 35.5. The fraction of sp³-hybridized carbons (Fsp3) is 0.500. The van der Waals surface area contributed by atoms with E-state index >= 15 is 0 Å². The number of aromatic nitrogens is 1. The average molecular weight is 213 g/mol. The molecule has 4 heteroatoms. The van der Waals surface area contributed by atoms with Gasteiger partial charge in [0.1, 0.15) is 0 Å². The number of pyridine rings is 1. The maximum absolute atomic E-state index is 6.02. The maximum atomic E-state index is 6.02. The molecule has 1 saturated heterocycles. The minimum absolute atomic E-state index is 0.749. The van der Waals surface area contributed by atoms with Crippen LogP contribution in [-0.2, 0) is 11.3 Å². The molecule has 0 unspecified atom stereocenters. The fourth-order valence-electron chi connectivity index (χ4n) is 1.53. The molecule has 3 nitrogen and oxygen atoms in total. The average Bonchev–Trinajstić information content (AvgIpc) is 2.23. The first-order valence-electron chi connectivity index (χ1n) is 4.75. The van der Waals surface area contributed by atoms with Gasteiger partial charge in [0.15, 0.2) is 0 Å². The summed E-state index contributed by atoms with van der Waals surface area (Å²) in [5, 5.41) is 0.749. The summed E-state index contributed by atoms with van der Waals surface area (Å²) in [6.45, 7) is 4.51. The SMILES string of the molecule is Clc1cnccc1CN1CCOCC1. The van der Waals surface area contributed by atoms with E-state index < -0.39 is 0 Å². The molecular formula is C10H13ClN2O. The second-order valence-corrected chi connectivity index (χ2v) is 3.76. The molecule has 14 heavy (non-hydrogen) atoms. The number of rotatable bonds is 2. The Labute approximate surface area is 88.6 Å². The summed E-state index contributed by atoms with van der Waals surface area (Å²) in [7, 11) is 0. The van der Waals surface area contributed by atoms with Gasteiger partial charge in [-0.15, -0.1) is 0 Å². The Bertz CT molecular complexity index is 300. The lowest BCUT2D eigenvalue weighted by Crippen LogP contribution is -2.35. The number of nitrogens with zero attached hydrogens (tertiary/aromatic N) is 2. The molecule has 76 valence electrons. The van der Waals surface area contributed by atoms with Crippen molar-refractivity contribution in [3.63, 3.8) is 0 Å². The normalized spacial score (nSPS) is 18.4. The number of ether oxygens (including phenoxy) is 1. The molecule has 0 amide bonds. The quantitative estimate of drug-likeness (QED) is 0.744. The van der Waals surface area contributed by atoms with Crippen molar-refractivity contribution >= 4 is 11.6 Å². The molecule has 1 aromatic rings. The Balaban J connectivity index is 1.99. The number of morpholine rings is 1. The van der Waals surface area contributed by atoms with Crippen LogP contribution in [0.5, 0.6) is 0 Å². The summed E-state index contributed by atoms with van der Waals surface area (Å²) < 4.78 is 5.28. The zero-order valence-electron chi connectivity index (χ0n) is 7.95. The third-order valence-electron chi connectivity index (χ3n) is 2.35. The van der Waals surface area contributed by atoms with Gasteiger partial charge in [-0.05, 0) is 11.6 Å². The largest absolute Gasteiger partial charge is 0.379 e. The molecule has 0 radical (unpaired) electrons. The summed E-state index contributed by atoms with van der Waals surface area (Å²) in [4.78, 5) is 6.30. The first-order valence-corrected chi connectivity index (χ1v) is 5.12. The van der Waals surface area contributed by atoms with Crippen molar-refractivity contribution in [1.82, 2.24) is 9.88 Å². The predicted molar refractivity (Wildman–Crippen MR) is 55.3 cm³/mol. The molecule has 0 saturated carbocycles. The van der Waals surface area contributed by atoms with Crippen molar-refractivity contribution in [3.05, 3.63) is 29.0 Å². The molecule has 1 aromatic heterocycles. The summed E-state index contributed by atoms with van der Waals surface area (Å²) in [5.74, 6) is 0. The molecule has 2 rings (SSSR count). The Hall–Kier alpha value is -0.640. The summed E-state index contributed by atoms with van der Waals surface area (Å²) in [5.41, 5.74) is 1.14. The van der Waals surface area contributed by atoms with Crippen LogP contribution in [-0.4, -0.2) is 36.2 Å². The van der Waals surface area contributed by atoms with Crippen LogP contribution in [0.4, 0.5) is 0 Å². The minimum Gasteiger partial charge on any atom is -0.379 e. The van der Waals surface area contributed by atoms with E-state index in [4.69, 9.17) is 16.3 Å². The lowest BCUT2D eigenvalue weighted by molar-refractivity contribution is 0.0342. The van der Waals surface area contributed by atoms with E-state index in [-0.39, 0.29) is 0 Å². The second-order valence-electron chi connectivity index (χ2n) is 3.36. The van der Waals surface area contributed by atoms with Gasteiger partial charge in [0.05, 0.1) is 18.2 Å². The third-order valence-corrected chi connectivity index (χ3v) is 2.69. The van der Waals surface area contributed by atoms with Crippen LogP contribution in [0.25, 0.3) is 0 Å². The number of halogens is 1. The van der Waals surface area contributed by atoms with Crippen molar-refractivity contribution in [2.24, 2.45) is 0 Å². The monoisotopic (exact) mass is 212 g/mol. The van der Waals surface area contributed by atoms with E-state index in [1.165, 1.54) is 0 Å². The summed E-state index contributed by atoms with van der Waals surface area (Å²) >= 11 is 6.02. The lowest BCUT2D eigenvalue weighted by Gasteiger charge is -2.26. The number of hydrogen-bond acceptors (Lipinski definition) is 3. The van der Waals surface area contributed by atoms with Gasteiger partial charge >= 0.3 is 0 Å². The minimum atomic E-state index is 0.749. The van der Waals surface area contributed by atoms with E-state index in [2.05, 4.69) is 9.88 Å². The molecule has 0 atom stereocenters. The van der Waals surface area contributed by atoms with Gasteiger partial charge in [0.25, 0.3) is 0 Å². The van der Waals surface area contributed by atoms with E-state index in [0.717, 1.165) is 43.4 Å². The van der Waals surface area contributed by atoms with E-state index in [0.29, 0.717) is 0 Å². The highest BCUT2D eigenvalue weighted by Gasteiger charge is 2.11. The molecule has 0 N–H and O–H groups in total. The van der Waals surface area contributed by atoms with Gasteiger partial charge in [0.2, 0.25) is 0 Å². The van der Waals surface area contributed by atoms with Crippen LogP contribution >= 0.6 is 11.6 Å². The van der Waals surface area contributed by atoms with E-state index in [9.17, 15) is 0 Å². The standard InChI is InChI=1S/C10H13ClN2O/c11-10-7-12-2-1-9(10)8-13-3-5-14-6-4-13/h1-2,7H,3-6,8H2. The summed E-state index contributed by atoms with van der Waals surface area (Å²) in [6.07, 6.45) is 3.47. The topological polar surface area (TPSA) is 25.4 Å². The molecule has 0 aromatic carbocycles. The first-order chi connectivity index (χ1) is 6.86. The van der Waals surface area contributed by atoms with E-state index in [1.54, 1.807) is 12.4 Å². The first kappa shape index (κ1) is 9.90. The lowest BCUT2D eigenvalue weighted by atomic mass is 10.2. The highest BCUT2D eigenvalue weighted by molar-refractivity contribution is 6.31. The Morgan fingerprint density at radius 1 is 1.43 bits per heavy atom. The van der Waals surface area contributed by atoms with Gasteiger partial charge in [-0.1, -0.05) is 11.6 Å². The zero-order chi connectivity index (χ0) is 9.80. The van der Waals surface area contributed by atoms with Gasteiger partial charge in [-0.25, -0.2) is 0 Å². The molecule has 1 aliphatic rings. The highest BCUT2D eigenvalue weighted by Crippen LogP contribution is 2.16. The predicted octanol–water partition coefficient (Wildman–Crippen LogP) is 1.57. The van der Waals surface area contributed by atoms with Crippen LogP contribution in [0, 0.1) is 0 Å². The van der Waals surface area contributed by atoms with Crippen molar-refractivity contribution < 1.29 is 4.74 Å². The molecular weight excluding hydrogens is 200 g/mol. The maximum Gasteiger partial charge on any atom is 0.0634 e. The number of hydrogen-bond donors (Lipinski definition) is 0. The Morgan fingerprint density at radius 2 is 2.21 bits per heavy atom. The Kier molecular flexibility index (Phi) is 3.35. The third kappa shape index (κ3) is 2.44. The van der Waals surface area contributed by atoms with Crippen molar-refractivity contribution in [2.75, 3.05) is 26.3 Å². The molecule has 1 aliphatic heterocycles. The van der Waals surface area contributed by atoms with Crippen LogP contribution in [0.3, 0.4) is 0 Å². The van der Waals surface area contributed by atoms with Crippen molar-refractivity contribution in [1.29, 1.82) is 0 Å². The molecule has 0 aliphatic carbocycles.